The number of para-hydroxylation sites is 1. The summed E-state index contributed by atoms with van der Waals surface area (Å²) in [5.74, 6) is -1.11. The lowest BCUT2D eigenvalue weighted by Crippen LogP contribution is -2.61. The zero-order chi connectivity index (χ0) is 15.9. The van der Waals surface area contributed by atoms with Crippen molar-refractivity contribution in [2.24, 2.45) is 0 Å². The zero-order valence-corrected chi connectivity index (χ0v) is 11.3. The van der Waals surface area contributed by atoms with E-state index in [9.17, 15) is 20.1 Å². The minimum absolute atomic E-state index is 0.340. The number of rotatable bonds is 3. The molecule has 1 aliphatic heterocycles. The summed E-state index contributed by atoms with van der Waals surface area (Å²) in [6.45, 7) is 0. The van der Waals surface area contributed by atoms with Gasteiger partial charge in [-0.15, -0.1) is 0 Å². The van der Waals surface area contributed by atoms with Gasteiger partial charge in [0.1, 0.15) is 24.1 Å². The smallest absolute Gasteiger partial charge is 0.335 e. The van der Waals surface area contributed by atoms with Gasteiger partial charge in [-0.3, -0.25) is 0 Å². The highest BCUT2D eigenvalue weighted by molar-refractivity contribution is 5.85. The fourth-order valence-electron chi connectivity index (χ4n) is 2.42. The normalized spacial score (nSPS) is 32.0. The van der Waals surface area contributed by atoms with Gasteiger partial charge in [0.05, 0.1) is 0 Å². The molecule has 5 N–H and O–H groups in total. The average molecular weight is 309 g/mol. The summed E-state index contributed by atoms with van der Waals surface area (Å²) in [6, 6.07) is 7.21. The Labute approximate surface area is 124 Å². The van der Waals surface area contributed by atoms with Crippen molar-refractivity contribution in [3.63, 3.8) is 0 Å². The number of H-pyrrole nitrogens is 1. The monoisotopic (exact) mass is 309 g/mol. The SMILES string of the molecule is O=C(O)[C@@H]1O[C@@H](Oc2c[nH]c3ccccc23)[C@H](O)[C@H](O)[C@H]1O. The van der Waals surface area contributed by atoms with Crippen molar-refractivity contribution < 1.29 is 34.7 Å². The Kier molecular flexibility index (Phi) is 3.75. The molecule has 1 fully saturated rings. The Bertz CT molecular complexity index is 685. The maximum atomic E-state index is 11.0. The number of carboxylic acids is 1. The first-order valence-electron chi connectivity index (χ1n) is 6.64. The number of hydrogen-bond acceptors (Lipinski definition) is 6. The van der Waals surface area contributed by atoms with Gasteiger partial charge in [0.2, 0.25) is 6.29 Å². The molecule has 0 radical (unpaired) electrons. The Morgan fingerprint density at radius 3 is 2.59 bits per heavy atom. The van der Waals surface area contributed by atoms with E-state index in [1.54, 1.807) is 12.1 Å². The molecule has 0 unspecified atom stereocenters. The van der Waals surface area contributed by atoms with Gasteiger partial charge in [-0.2, -0.15) is 0 Å². The third-order valence-corrected chi connectivity index (χ3v) is 3.61. The van der Waals surface area contributed by atoms with Gasteiger partial charge in [0.15, 0.2) is 6.10 Å². The van der Waals surface area contributed by atoms with Crippen LogP contribution in [0, 0.1) is 0 Å². The quantitative estimate of drug-likeness (QED) is 0.513. The van der Waals surface area contributed by atoms with Crippen molar-refractivity contribution in [1.82, 2.24) is 4.98 Å². The molecule has 5 atom stereocenters. The fourth-order valence-corrected chi connectivity index (χ4v) is 2.42. The van der Waals surface area contributed by atoms with Gasteiger partial charge in [0, 0.05) is 17.1 Å². The Hall–Kier alpha value is -2.13. The van der Waals surface area contributed by atoms with Crippen LogP contribution >= 0.6 is 0 Å². The predicted molar refractivity (Wildman–Crippen MR) is 73.2 cm³/mol. The maximum Gasteiger partial charge on any atom is 0.335 e. The van der Waals surface area contributed by atoms with Crippen LogP contribution in [0.3, 0.4) is 0 Å². The Balaban J connectivity index is 1.85. The number of nitrogens with one attached hydrogen (secondary N) is 1. The molecule has 0 spiro atoms. The van der Waals surface area contributed by atoms with Crippen LogP contribution in [0.25, 0.3) is 10.9 Å². The first-order valence-corrected chi connectivity index (χ1v) is 6.64. The van der Waals surface area contributed by atoms with Gasteiger partial charge in [-0.05, 0) is 12.1 Å². The van der Waals surface area contributed by atoms with Crippen LogP contribution < -0.4 is 4.74 Å². The molecule has 1 aromatic carbocycles. The van der Waals surface area contributed by atoms with Crippen molar-refractivity contribution in [3.8, 4) is 5.75 Å². The molecule has 22 heavy (non-hydrogen) atoms. The molecule has 0 amide bonds. The molecule has 2 aromatic rings. The van der Waals surface area contributed by atoms with Crippen molar-refractivity contribution >= 4 is 16.9 Å². The highest BCUT2D eigenvalue weighted by Gasteiger charge is 2.48. The highest BCUT2D eigenvalue weighted by Crippen LogP contribution is 2.29. The molecule has 1 saturated heterocycles. The van der Waals surface area contributed by atoms with Gasteiger partial charge < -0.3 is 34.9 Å². The summed E-state index contributed by atoms with van der Waals surface area (Å²) in [7, 11) is 0. The van der Waals surface area contributed by atoms with E-state index in [2.05, 4.69) is 4.98 Å². The predicted octanol–water partition coefficient (Wildman–Crippen LogP) is -0.561. The third kappa shape index (κ3) is 2.42. The summed E-state index contributed by atoms with van der Waals surface area (Å²) in [4.78, 5) is 14.0. The van der Waals surface area contributed by atoms with Gasteiger partial charge in [0.25, 0.3) is 0 Å². The first-order chi connectivity index (χ1) is 10.5. The molecule has 0 bridgehead atoms. The van der Waals surface area contributed by atoms with Crippen molar-refractivity contribution in [1.29, 1.82) is 0 Å². The number of aliphatic hydroxyl groups is 3. The summed E-state index contributed by atoms with van der Waals surface area (Å²) in [6.07, 6.45) is -6.58. The molecule has 0 aliphatic carbocycles. The zero-order valence-electron chi connectivity index (χ0n) is 11.3. The van der Waals surface area contributed by atoms with Crippen molar-refractivity contribution in [3.05, 3.63) is 30.5 Å². The minimum atomic E-state index is -1.74. The van der Waals surface area contributed by atoms with Crippen LogP contribution in [0.4, 0.5) is 0 Å². The van der Waals surface area contributed by atoms with Crippen LogP contribution in [0.2, 0.25) is 0 Å². The van der Waals surface area contributed by atoms with Gasteiger partial charge in [-0.1, -0.05) is 12.1 Å². The maximum absolute atomic E-state index is 11.0. The number of carboxylic acid groups (broad SMARTS) is 1. The second-order valence-electron chi connectivity index (χ2n) is 5.05. The van der Waals surface area contributed by atoms with E-state index in [-0.39, 0.29) is 0 Å². The fraction of sp³-hybridized carbons (Fsp3) is 0.357. The molecule has 3 rings (SSSR count). The standard InChI is InChI=1S/C14H15NO7/c16-9-10(17)12(13(19)20)22-14(11(9)18)21-8-5-15-7-4-2-1-3-6(7)8/h1-5,9-12,14-18H,(H,19,20)/t9-,10-,11-,12-,14-/m1/s1. The number of hydrogen-bond donors (Lipinski definition) is 5. The molecule has 1 aliphatic rings. The van der Waals surface area contributed by atoms with E-state index < -0.39 is 36.7 Å². The van der Waals surface area contributed by atoms with Crippen molar-refractivity contribution in [2.45, 2.75) is 30.7 Å². The molecule has 118 valence electrons. The van der Waals surface area contributed by atoms with E-state index in [1.165, 1.54) is 6.20 Å². The van der Waals surface area contributed by atoms with E-state index in [4.69, 9.17) is 14.6 Å². The van der Waals surface area contributed by atoms with E-state index in [1.807, 2.05) is 12.1 Å². The number of aliphatic hydroxyl groups excluding tert-OH is 3. The minimum Gasteiger partial charge on any atom is -0.479 e. The van der Waals surface area contributed by atoms with E-state index in [0.717, 1.165) is 5.52 Å². The molecule has 0 saturated carbocycles. The number of aromatic nitrogens is 1. The van der Waals surface area contributed by atoms with Crippen LogP contribution in [0.15, 0.2) is 30.5 Å². The topological polar surface area (TPSA) is 132 Å². The molecular weight excluding hydrogens is 294 g/mol. The lowest BCUT2D eigenvalue weighted by Gasteiger charge is -2.38. The van der Waals surface area contributed by atoms with Gasteiger partial charge >= 0.3 is 5.97 Å². The lowest BCUT2D eigenvalue weighted by atomic mass is 9.99. The van der Waals surface area contributed by atoms with Crippen LogP contribution in [-0.4, -0.2) is 62.1 Å². The first kappa shape index (κ1) is 14.8. The lowest BCUT2D eigenvalue weighted by molar-refractivity contribution is -0.270. The largest absolute Gasteiger partial charge is 0.479 e. The molecule has 8 heteroatoms. The number of aliphatic carboxylic acids is 1. The molecule has 8 nitrogen and oxygen atoms in total. The Morgan fingerprint density at radius 1 is 1.14 bits per heavy atom. The summed E-state index contributed by atoms with van der Waals surface area (Å²) >= 11 is 0. The second kappa shape index (κ2) is 5.58. The van der Waals surface area contributed by atoms with Crippen LogP contribution in [0.5, 0.6) is 5.75 Å². The summed E-state index contributed by atoms with van der Waals surface area (Å²) in [5.41, 5.74) is 0.790. The molecule has 1 aromatic heterocycles. The van der Waals surface area contributed by atoms with Gasteiger partial charge in [-0.25, -0.2) is 4.79 Å². The van der Waals surface area contributed by atoms with E-state index >= 15 is 0 Å². The number of fused-ring (bicyclic) bond motifs is 1. The van der Waals surface area contributed by atoms with E-state index in [0.29, 0.717) is 11.1 Å². The number of carbonyl (C=O) groups is 1. The Morgan fingerprint density at radius 2 is 1.86 bits per heavy atom. The highest BCUT2D eigenvalue weighted by atomic mass is 16.7. The van der Waals surface area contributed by atoms with Crippen LogP contribution in [0.1, 0.15) is 0 Å². The van der Waals surface area contributed by atoms with Crippen molar-refractivity contribution in [2.75, 3.05) is 0 Å². The number of ether oxygens (including phenoxy) is 2. The summed E-state index contributed by atoms with van der Waals surface area (Å²) < 4.78 is 10.6. The number of benzene rings is 1. The summed E-state index contributed by atoms with van der Waals surface area (Å²) in [5, 5.41) is 39.0. The molecular formula is C14H15NO7. The van der Waals surface area contributed by atoms with Crippen LogP contribution in [-0.2, 0) is 9.53 Å². The number of aromatic amines is 1. The second-order valence-corrected chi connectivity index (χ2v) is 5.05. The third-order valence-electron chi connectivity index (χ3n) is 3.61. The molecule has 2 heterocycles. The average Bonchev–Trinajstić information content (AvgIpc) is 2.91.